The lowest BCUT2D eigenvalue weighted by Gasteiger charge is -1.97. The molecule has 0 spiro atoms. The van der Waals surface area contributed by atoms with Crippen molar-refractivity contribution in [3.8, 4) is 5.75 Å². The smallest absolute Gasteiger partial charge is 0.189 e. The minimum absolute atomic E-state index is 0.0805. The number of phenols is 1. The third-order valence-corrected chi connectivity index (χ3v) is 1.50. The first-order chi connectivity index (χ1) is 6.25. The number of carbonyl (C=O) groups excluding carboxylic acids is 2. The molecule has 1 rings (SSSR count). The molecule has 0 fully saturated rings. The lowest BCUT2D eigenvalue weighted by atomic mass is 10.1. The van der Waals surface area contributed by atoms with Gasteiger partial charge in [-0.3, -0.25) is 9.59 Å². The summed E-state index contributed by atoms with van der Waals surface area (Å²) in [6, 6.07) is 6.17. The Hall–Kier alpha value is -1.90. The Morgan fingerprint density at radius 2 is 2.00 bits per heavy atom. The molecular weight excluding hydrogens is 168 g/mol. The molecule has 0 aliphatic rings. The summed E-state index contributed by atoms with van der Waals surface area (Å²) >= 11 is 0. The molecule has 0 amide bonds. The van der Waals surface area contributed by atoms with Crippen LogP contribution in [0.3, 0.4) is 0 Å². The lowest BCUT2D eigenvalue weighted by molar-refractivity contribution is -0.104. The summed E-state index contributed by atoms with van der Waals surface area (Å²) in [7, 11) is 0. The van der Waals surface area contributed by atoms with Gasteiger partial charge in [0.1, 0.15) is 12.0 Å². The van der Waals surface area contributed by atoms with Crippen LogP contribution < -0.4 is 0 Å². The summed E-state index contributed by atoms with van der Waals surface area (Å²) in [6.45, 7) is 0. The zero-order chi connectivity index (χ0) is 9.68. The summed E-state index contributed by atoms with van der Waals surface area (Å²) in [6.07, 6.45) is 2.72. The first kappa shape index (κ1) is 9.19. The highest BCUT2D eigenvalue weighted by Gasteiger charge is 2.05. The van der Waals surface area contributed by atoms with Crippen LogP contribution >= 0.6 is 0 Å². The number of rotatable bonds is 3. The molecule has 0 aromatic heterocycles. The Morgan fingerprint density at radius 3 is 2.62 bits per heavy atom. The van der Waals surface area contributed by atoms with Gasteiger partial charge in [-0.1, -0.05) is 12.1 Å². The standard InChI is InChI=1S/C10H8O3/c11-7-3-6-10(13)8-4-1-2-5-9(8)12/h1-7,12H/b6-3-. The van der Waals surface area contributed by atoms with E-state index in [4.69, 9.17) is 0 Å². The third kappa shape index (κ3) is 2.27. The van der Waals surface area contributed by atoms with Gasteiger partial charge in [0, 0.05) is 0 Å². The second kappa shape index (κ2) is 4.21. The first-order valence-corrected chi connectivity index (χ1v) is 3.70. The van der Waals surface area contributed by atoms with E-state index >= 15 is 0 Å². The van der Waals surface area contributed by atoms with Crippen LogP contribution in [0.2, 0.25) is 0 Å². The van der Waals surface area contributed by atoms with Crippen molar-refractivity contribution in [3.63, 3.8) is 0 Å². The summed E-state index contributed by atoms with van der Waals surface area (Å²) in [5.41, 5.74) is 0.195. The Kier molecular flexibility index (Phi) is 2.97. The van der Waals surface area contributed by atoms with Crippen molar-refractivity contribution in [1.29, 1.82) is 0 Å². The number of phenolic OH excluding ortho intramolecular Hbond substituents is 1. The van der Waals surface area contributed by atoms with Gasteiger partial charge in [-0.05, 0) is 24.3 Å². The predicted octanol–water partition coefficient (Wildman–Crippen LogP) is 1.33. The number of ketones is 1. The Morgan fingerprint density at radius 1 is 1.31 bits per heavy atom. The second-order valence-corrected chi connectivity index (χ2v) is 2.38. The predicted molar refractivity (Wildman–Crippen MR) is 47.6 cm³/mol. The monoisotopic (exact) mass is 176 g/mol. The van der Waals surface area contributed by atoms with Gasteiger partial charge in [0.25, 0.3) is 0 Å². The fraction of sp³-hybridized carbons (Fsp3) is 0. The van der Waals surface area contributed by atoms with Crippen molar-refractivity contribution in [2.45, 2.75) is 0 Å². The highest BCUT2D eigenvalue weighted by atomic mass is 16.3. The fourth-order valence-corrected chi connectivity index (χ4v) is 0.898. The number of carbonyl (C=O) groups is 2. The minimum atomic E-state index is -0.384. The van der Waals surface area contributed by atoms with Crippen LogP contribution in [-0.2, 0) is 4.79 Å². The maximum Gasteiger partial charge on any atom is 0.189 e. The van der Waals surface area contributed by atoms with Crippen LogP contribution in [0.1, 0.15) is 10.4 Å². The highest BCUT2D eigenvalue weighted by molar-refractivity contribution is 6.07. The number of aromatic hydroxyl groups is 1. The zero-order valence-electron chi connectivity index (χ0n) is 6.81. The average Bonchev–Trinajstić information content (AvgIpc) is 2.15. The third-order valence-electron chi connectivity index (χ3n) is 1.50. The molecular formula is C10H8O3. The lowest BCUT2D eigenvalue weighted by Crippen LogP contribution is -1.94. The summed E-state index contributed by atoms with van der Waals surface area (Å²) in [4.78, 5) is 21.1. The van der Waals surface area contributed by atoms with Gasteiger partial charge in [-0.25, -0.2) is 0 Å². The van der Waals surface area contributed by atoms with Crippen LogP contribution in [0, 0.1) is 0 Å². The second-order valence-electron chi connectivity index (χ2n) is 2.38. The van der Waals surface area contributed by atoms with Gasteiger partial charge in [-0.15, -0.1) is 0 Å². The molecule has 3 nitrogen and oxygen atoms in total. The molecule has 0 atom stereocenters. The normalized spacial score (nSPS) is 10.2. The molecule has 0 aliphatic heterocycles. The number of allylic oxidation sites excluding steroid dienone is 2. The Balaban J connectivity index is 2.95. The Bertz CT molecular complexity index is 353. The molecule has 13 heavy (non-hydrogen) atoms. The molecule has 0 aliphatic carbocycles. The minimum Gasteiger partial charge on any atom is -0.507 e. The SMILES string of the molecule is O=C/C=C\C(=O)c1ccccc1O. The van der Waals surface area contributed by atoms with Crippen molar-refractivity contribution in [1.82, 2.24) is 0 Å². The van der Waals surface area contributed by atoms with Crippen LogP contribution in [0.15, 0.2) is 36.4 Å². The fourth-order valence-electron chi connectivity index (χ4n) is 0.898. The van der Waals surface area contributed by atoms with Crippen molar-refractivity contribution < 1.29 is 14.7 Å². The van der Waals surface area contributed by atoms with E-state index in [1.807, 2.05) is 0 Å². The topological polar surface area (TPSA) is 54.4 Å². The summed E-state index contributed by atoms with van der Waals surface area (Å²) < 4.78 is 0. The van der Waals surface area contributed by atoms with Gasteiger partial charge < -0.3 is 5.11 Å². The molecule has 1 N–H and O–H groups in total. The van der Waals surface area contributed by atoms with E-state index in [1.165, 1.54) is 12.1 Å². The number of aldehydes is 1. The molecule has 66 valence electrons. The number of benzene rings is 1. The van der Waals surface area contributed by atoms with Crippen LogP contribution in [-0.4, -0.2) is 17.2 Å². The van der Waals surface area contributed by atoms with E-state index in [0.717, 1.165) is 12.2 Å². The molecule has 0 radical (unpaired) electrons. The molecule has 0 heterocycles. The van der Waals surface area contributed by atoms with Crippen molar-refractivity contribution in [3.05, 3.63) is 42.0 Å². The van der Waals surface area contributed by atoms with Crippen molar-refractivity contribution >= 4 is 12.1 Å². The molecule has 0 saturated heterocycles. The highest BCUT2D eigenvalue weighted by Crippen LogP contribution is 2.16. The van der Waals surface area contributed by atoms with Gasteiger partial charge in [0.2, 0.25) is 0 Å². The van der Waals surface area contributed by atoms with Crippen LogP contribution in [0.5, 0.6) is 5.75 Å². The van der Waals surface area contributed by atoms with Gasteiger partial charge in [0.15, 0.2) is 5.78 Å². The maximum atomic E-state index is 11.2. The summed E-state index contributed by atoms with van der Waals surface area (Å²) in [5.74, 6) is -0.465. The van der Waals surface area contributed by atoms with E-state index in [1.54, 1.807) is 12.1 Å². The largest absolute Gasteiger partial charge is 0.507 e. The molecule has 0 saturated carbocycles. The van der Waals surface area contributed by atoms with E-state index < -0.39 is 0 Å². The van der Waals surface area contributed by atoms with E-state index in [-0.39, 0.29) is 17.1 Å². The first-order valence-electron chi connectivity index (χ1n) is 3.70. The van der Waals surface area contributed by atoms with Gasteiger partial charge in [-0.2, -0.15) is 0 Å². The Labute approximate surface area is 75.3 Å². The van der Waals surface area contributed by atoms with Gasteiger partial charge >= 0.3 is 0 Å². The average molecular weight is 176 g/mol. The number of hydrogen-bond acceptors (Lipinski definition) is 3. The molecule has 1 aromatic rings. The molecule has 3 heteroatoms. The van der Waals surface area contributed by atoms with Crippen LogP contribution in [0.25, 0.3) is 0 Å². The zero-order valence-corrected chi connectivity index (χ0v) is 6.81. The summed E-state index contributed by atoms with van der Waals surface area (Å²) in [5, 5.41) is 9.24. The quantitative estimate of drug-likeness (QED) is 0.429. The van der Waals surface area contributed by atoms with Crippen molar-refractivity contribution in [2.24, 2.45) is 0 Å². The van der Waals surface area contributed by atoms with E-state index in [0.29, 0.717) is 6.29 Å². The van der Waals surface area contributed by atoms with Crippen molar-refractivity contribution in [2.75, 3.05) is 0 Å². The van der Waals surface area contributed by atoms with Gasteiger partial charge in [0.05, 0.1) is 5.56 Å². The number of para-hydroxylation sites is 1. The maximum absolute atomic E-state index is 11.2. The van der Waals surface area contributed by atoms with E-state index in [2.05, 4.69) is 0 Å². The molecule has 1 aromatic carbocycles. The molecule has 0 unspecified atom stereocenters. The van der Waals surface area contributed by atoms with E-state index in [9.17, 15) is 14.7 Å². The van der Waals surface area contributed by atoms with Crippen LogP contribution in [0.4, 0.5) is 0 Å². The number of hydrogen-bond donors (Lipinski definition) is 1. The molecule has 0 bridgehead atoms.